The topological polar surface area (TPSA) is 93.5 Å². The number of esters is 1. The summed E-state index contributed by atoms with van der Waals surface area (Å²) in [6.45, 7) is 6.50. The largest absolute Gasteiger partial charge is 0.462 e. The molecule has 0 radical (unpaired) electrons. The number of carbonyl (C=O) groups is 2. The van der Waals surface area contributed by atoms with Gasteiger partial charge < -0.3 is 10.1 Å². The number of nitrogens with zero attached hydrogens (tertiary/aromatic N) is 3. The number of thioether (sulfide) groups is 1. The molecule has 1 N–H and O–H groups in total. The predicted molar refractivity (Wildman–Crippen MR) is 132 cm³/mol. The summed E-state index contributed by atoms with van der Waals surface area (Å²) in [6, 6.07) is 7.79. The first-order valence-electron chi connectivity index (χ1n) is 10.8. The summed E-state index contributed by atoms with van der Waals surface area (Å²) in [7, 11) is 0. The van der Waals surface area contributed by atoms with Gasteiger partial charge in [0, 0.05) is 36.8 Å². The van der Waals surface area contributed by atoms with Gasteiger partial charge in [0.1, 0.15) is 16.3 Å². The molecule has 1 aromatic carbocycles. The van der Waals surface area contributed by atoms with Crippen molar-refractivity contribution in [3.63, 3.8) is 0 Å². The Balaban J connectivity index is 1.47. The van der Waals surface area contributed by atoms with Crippen LogP contribution in [0.1, 0.15) is 27.7 Å². The lowest BCUT2D eigenvalue weighted by molar-refractivity contribution is -0.116. The van der Waals surface area contributed by atoms with E-state index in [1.165, 1.54) is 10.9 Å². The summed E-state index contributed by atoms with van der Waals surface area (Å²) in [6.07, 6.45) is 1.35. The molecule has 174 valence electrons. The number of rotatable bonds is 7. The van der Waals surface area contributed by atoms with Crippen LogP contribution in [0.2, 0.25) is 0 Å². The van der Waals surface area contributed by atoms with Crippen LogP contribution in [0, 0.1) is 6.92 Å². The molecule has 1 amide bonds. The molecule has 1 saturated heterocycles. The molecule has 4 rings (SSSR count). The first-order valence-corrected chi connectivity index (χ1v) is 12.8. The fraction of sp³-hybridized carbons (Fsp3) is 0.391. The van der Waals surface area contributed by atoms with E-state index in [4.69, 9.17) is 4.74 Å². The Kier molecular flexibility index (Phi) is 7.46. The molecule has 3 heterocycles. The van der Waals surface area contributed by atoms with Gasteiger partial charge in [-0.15, -0.1) is 11.3 Å². The maximum absolute atomic E-state index is 13.0. The highest BCUT2D eigenvalue weighted by atomic mass is 32.2. The van der Waals surface area contributed by atoms with Crippen LogP contribution >= 0.6 is 23.1 Å². The summed E-state index contributed by atoms with van der Waals surface area (Å²) in [5.74, 6) is 1.51. The third-order valence-electron chi connectivity index (χ3n) is 5.41. The summed E-state index contributed by atoms with van der Waals surface area (Å²) < 4.78 is 6.33. The molecule has 1 fully saturated rings. The van der Waals surface area contributed by atoms with E-state index >= 15 is 0 Å². The van der Waals surface area contributed by atoms with Crippen molar-refractivity contribution in [2.24, 2.45) is 0 Å². The minimum atomic E-state index is -0.468. The normalized spacial score (nSPS) is 14.4. The van der Waals surface area contributed by atoms with E-state index in [1.54, 1.807) is 13.8 Å². The number of hydrogen-bond donors (Lipinski definition) is 1. The number of thiophene rings is 1. The fourth-order valence-electron chi connectivity index (χ4n) is 3.78. The molecule has 0 saturated carbocycles. The molecular formula is C23H26N4O4S2. The van der Waals surface area contributed by atoms with Crippen molar-refractivity contribution in [2.45, 2.75) is 26.9 Å². The van der Waals surface area contributed by atoms with Gasteiger partial charge in [-0.25, -0.2) is 9.78 Å². The molecular weight excluding hydrogens is 460 g/mol. The monoisotopic (exact) mass is 486 g/mol. The Labute approximate surface area is 199 Å². The Morgan fingerprint density at radius 1 is 1.24 bits per heavy atom. The van der Waals surface area contributed by atoms with Crippen LogP contribution < -0.4 is 10.9 Å². The van der Waals surface area contributed by atoms with Crippen LogP contribution in [-0.4, -0.2) is 57.5 Å². The second-order valence-corrected chi connectivity index (χ2v) is 10.00. The van der Waals surface area contributed by atoms with E-state index in [-0.39, 0.29) is 24.6 Å². The van der Waals surface area contributed by atoms with Crippen molar-refractivity contribution < 1.29 is 14.3 Å². The predicted octanol–water partition coefficient (Wildman–Crippen LogP) is 3.13. The second-order valence-electron chi connectivity index (χ2n) is 7.77. The molecule has 33 heavy (non-hydrogen) atoms. The molecule has 1 aliphatic rings. The van der Waals surface area contributed by atoms with Gasteiger partial charge in [-0.05, 0) is 37.1 Å². The lowest BCUT2D eigenvalue weighted by Gasteiger charge is -2.26. The van der Waals surface area contributed by atoms with Gasteiger partial charge in [-0.3, -0.25) is 19.1 Å². The highest BCUT2D eigenvalue weighted by Gasteiger charge is 2.21. The number of ether oxygens (including phenoxy) is 1. The number of aryl methyl sites for hydroxylation is 1. The third kappa shape index (κ3) is 5.45. The first-order chi connectivity index (χ1) is 16.0. The van der Waals surface area contributed by atoms with Gasteiger partial charge in [0.05, 0.1) is 18.3 Å². The van der Waals surface area contributed by atoms with E-state index in [1.807, 2.05) is 30.0 Å². The van der Waals surface area contributed by atoms with Crippen molar-refractivity contribution in [1.82, 2.24) is 14.5 Å². The second kappa shape index (κ2) is 10.5. The maximum atomic E-state index is 13.0. The van der Waals surface area contributed by atoms with Crippen LogP contribution in [0.25, 0.3) is 10.2 Å². The van der Waals surface area contributed by atoms with Gasteiger partial charge in [-0.2, -0.15) is 11.8 Å². The number of hydrogen-bond acceptors (Lipinski definition) is 8. The van der Waals surface area contributed by atoms with Crippen LogP contribution in [0.5, 0.6) is 0 Å². The lowest BCUT2D eigenvalue weighted by Crippen LogP contribution is -2.32. The first kappa shape index (κ1) is 23.5. The van der Waals surface area contributed by atoms with Crippen molar-refractivity contribution in [2.75, 3.05) is 36.5 Å². The Bertz CT molecular complexity index is 1230. The molecule has 10 heteroatoms. The smallest absolute Gasteiger partial charge is 0.348 e. The Hall–Kier alpha value is -2.69. The van der Waals surface area contributed by atoms with Crippen molar-refractivity contribution in [3.8, 4) is 0 Å². The van der Waals surface area contributed by atoms with Gasteiger partial charge in [0.2, 0.25) is 5.91 Å². The van der Waals surface area contributed by atoms with Crippen LogP contribution in [-0.2, 0) is 22.6 Å². The van der Waals surface area contributed by atoms with E-state index in [0.717, 1.165) is 48.0 Å². The average molecular weight is 487 g/mol. The summed E-state index contributed by atoms with van der Waals surface area (Å²) in [4.78, 5) is 45.3. The van der Waals surface area contributed by atoms with Crippen molar-refractivity contribution in [3.05, 3.63) is 57.0 Å². The van der Waals surface area contributed by atoms with E-state index in [2.05, 4.69) is 21.3 Å². The number of carbonyl (C=O) groups excluding carboxylic acids is 2. The molecule has 0 aliphatic carbocycles. The zero-order valence-corrected chi connectivity index (χ0v) is 20.3. The summed E-state index contributed by atoms with van der Waals surface area (Å²) in [5, 5.41) is 3.22. The molecule has 0 unspecified atom stereocenters. The molecule has 0 spiro atoms. The number of benzene rings is 1. The van der Waals surface area contributed by atoms with Crippen molar-refractivity contribution in [1.29, 1.82) is 0 Å². The fourth-order valence-corrected chi connectivity index (χ4v) is 5.80. The van der Waals surface area contributed by atoms with Gasteiger partial charge >= 0.3 is 5.97 Å². The third-order valence-corrected chi connectivity index (χ3v) is 7.54. The number of aromatic nitrogens is 2. The number of anilines is 1. The number of nitrogens with one attached hydrogen (secondary N) is 1. The van der Waals surface area contributed by atoms with Crippen LogP contribution in [0.4, 0.5) is 5.69 Å². The van der Waals surface area contributed by atoms with E-state index in [9.17, 15) is 14.4 Å². The lowest BCUT2D eigenvalue weighted by atomic mass is 10.2. The van der Waals surface area contributed by atoms with E-state index < -0.39 is 5.97 Å². The standard InChI is InChI=1S/C23H26N4O4S2/c1-3-31-23(30)20-15(2)19-21(33-20)24-14-27(22(19)29)13-18(28)25-17-6-4-5-16(11-17)12-26-7-9-32-10-8-26/h4-6,11,14H,3,7-10,12-13H2,1-2H3,(H,25,28). The van der Waals surface area contributed by atoms with Crippen LogP contribution in [0.3, 0.4) is 0 Å². The molecule has 3 aromatic rings. The van der Waals surface area contributed by atoms with Gasteiger partial charge in [0.15, 0.2) is 0 Å². The molecule has 1 aliphatic heterocycles. The quantitative estimate of drug-likeness (QED) is 0.513. The molecule has 2 aromatic heterocycles. The highest BCUT2D eigenvalue weighted by Crippen LogP contribution is 2.27. The number of amides is 1. The Morgan fingerprint density at radius 3 is 2.79 bits per heavy atom. The minimum Gasteiger partial charge on any atom is -0.462 e. The maximum Gasteiger partial charge on any atom is 0.348 e. The van der Waals surface area contributed by atoms with Gasteiger partial charge in [0.25, 0.3) is 5.56 Å². The zero-order valence-electron chi connectivity index (χ0n) is 18.6. The Morgan fingerprint density at radius 2 is 2.03 bits per heavy atom. The highest BCUT2D eigenvalue weighted by molar-refractivity contribution is 7.99. The minimum absolute atomic E-state index is 0.167. The molecule has 0 atom stereocenters. The van der Waals surface area contributed by atoms with Crippen molar-refractivity contribution >= 4 is 50.9 Å². The summed E-state index contributed by atoms with van der Waals surface area (Å²) in [5.41, 5.74) is 2.02. The zero-order chi connectivity index (χ0) is 23.4. The van der Waals surface area contributed by atoms with Gasteiger partial charge in [-0.1, -0.05) is 12.1 Å². The van der Waals surface area contributed by atoms with Crippen LogP contribution in [0.15, 0.2) is 35.4 Å². The molecule has 0 bridgehead atoms. The average Bonchev–Trinajstić information content (AvgIpc) is 3.14. The molecule has 8 nitrogen and oxygen atoms in total. The summed E-state index contributed by atoms with van der Waals surface area (Å²) >= 11 is 3.10. The SMILES string of the molecule is CCOC(=O)c1sc2ncn(CC(=O)Nc3cccc(CN4CCSCC4)c3)c(=O)c2c1C. The number of fused-ring (bicyclic) bond motifs is 1. The van der Waals surface area contributed by atoms with E-state index in [0.29, 0.717) is 26.3 Å².